The first kappa shape index (κ1) is 16.8. The zero-order chi connectivity index (χ0) is 17.5. The molecule has 0 bridgehead atoms. The molecule has 25 heavy (non-hydrogen) atoms. The average Bonchev–Trinajstić information content (AvgIpc) is 3.15. The molecule has 1 fully saturated rings. The monoisotopic (exact) mass is 342 g/mol. The molecule has 0 atom stereocenters. The van der Waals surface area contributed by atoms with Crippen molar-refractivity contribution in [1.29, 1.82) is 0 Å². The molecule has 0 spiro atoms. The lowest BCUT2D eigenvalue weighted by atomic mass is 10.2. The van der Waals surface area contributed by atoms with Crippen LogP contribution in [0.15, 0.2) is 36.7 Å². The van der Waals surface area contributed by atoms with Crippen LogP contribution in [0.2, 0.25) is 0 Å². The number of anilines is 3. The van der Waals surface area contributed by atoms with E-state index in [9.17, 15) is 4.79 Å². The summed E-state index contributed by atoms with van der Waals surface area (Å²) in [6.45, 7) is -0.116. The van der Waals surface area contributed by atoms with Crippen LogP contribution >= 0.6 is 0 Å². The summed E-state index contributed by atoms with van der Waals surface area (Å²) in [5.74, 6) is 1.22. The van der Waals surface area contributed by atoms with Crippen LogP contribution in [0.1, 0.15) is 25.7 Å². The van der Waals surface area contributed by atoms with Crippen molar-refractivity contribution in [3.8, 4) is 5.75 Å². The van der Waals surface area contributed by atoms with Gasteiger partial charge in [0, 0.05) is 6.04 Å². The Morgan fingerprint density at radius 1 is 1.16 bits per heavy atom. The first-order valence-electron chi connectivity index (χ1n) is 8.32. The number of rotatable bonds is 7. The standard InChI is InChI=1S/C17H22N6O2/c18-15-16(21-12-6-4-5-7-12)19-11-20-17(15)23-22-14(24)10-25-13-8-2-1-3-9-13/h1-3,8-9,11-12H,4-7,10,18H2,(H,22,24)(H2,19,20,21,23). The Balaban J connectivity index is 1.51. The maximum Gasteiger partial charge on any atom is 0.276 e. The van der Waals surface area contributed by atoms with Crippen LogP contribution in [0.5, 0.6) is 5.75 Å². The van der Waals surface area contributed by atoms with Crippen molar-refractivity contribution in [2.24, 2.45) is 0 Å². The number of aromatic nitrogens is 2. The number of hydrogen-bond acceptors (Lipinski definition) is 7. The van der Waals surface area contributed by atoms with Gasteiger partial charge in [0.05, 0.1) is 0 Å². The van der Waals surface area contributed by atoms with Crippen molar-refractivity contribution in [3.05, 3.63) is 36.7 Å². The van der Waals surface area contributed by atoms with E-state index in [0.29, 0.717) is 29.1 Å². The molecule has 1 saturated carbocycles. The number of nitrogens with zero attached hydrogens (tertiary/aromatic N) is 2. The molecule has 0 unspecified atom stereocenters. The van der Waals surface area contributed by atoms with Crippen molar-refractivity contribution in [2.75, 3.05) is 23.1 Å². The van der Waals surface area contributed by atoms with E-state index in [1.165, 1.54) is 19.2 Å². The minimum absolute atomic E-state index is 0.116. The van der Waals surface area contributed by atoms with Gasteiger partial charge in [0.1, 0.15) is 17.8 Å². The first-order chi connectivity index (χ1) is 12.2. The van der Waals surface area contributed by atoms with Gasteiger partial charge in [-0.05, 0) is 25.0 Å². The Kier molecular flexibility index (Phi) is 5.50. The fourth-order valence-corrected chi connectivity index (χ4v) is 2.70. The number of ether oxygens (including phenoxy) is 1. The number of benzene rings is 1. The Labute approximate surface area is 146 Å². The molecule has 0 saturated heterocycles. The highest BCUT2D eigenvalue weighted by Crippen LogP contribution is 2.26. The van der Waals surface area contributed by atoms with Gasteiger partial charge in [-0.3, -0.25) is 15.6 Å². The molecule has 1 amide bonds. The molecule has 8 nitrogen and oxygen atoms in total. The maximum atomic E-state index is 11.9. The molecule has 1 aromatic heterocycles. The minimum atomic E-state index is -0.341. The van der Waals surface area contributed by atoms with Gasteiger partial charge in [0.2, 0.25) is 0 Å². The second-order valence-electron chi connectivity index (χ2n) is 5.89. The normalized spacial score (nSPS) is 14.1. The van der Waals surface area contributed by atoms with E-state index >= 15 is 0 Å². The molecule has 1 aromatic carbocycles. The maximum absolute atomic E-state index is 11.9. The summed E-state index contributed by atoms with van der Waals surface area (Å²) in [6.07, 6.45) is 6.05. The number of nitrogen functional groups attached to an aromatic ring is 1. The van der Waals surface area contributed by atoms with Gasteiger partial charge in [-0.2, -0.15) is 0 Å². The van der Waals surface area contributed by atoms with Gasteiger partial charge < -0.3 is 15.8 Å². The van der Waals surface area contributed by atoms with E-state index in [1.807, 2.05) is 18.2 Å². The van der Waals surface area contributed by atoms with E-state index in [0.717, 1.165) is 12.8 Å². The van der Waals surface area contributed by atoms with Crippen LogP contribution in [0.3, 0.4) is 0 Å². The highest BCUT2D eigenvalue weighted by atomic mass is 16.5. The van der Waals surface area contributed by atoms with E-state index in [-0.39, 0.29) is 12.5 Å². The summed E-state index contributed by atoms with van der Waals surface area (Å²) < 4.78 is 5.37. The summed E-state index contributed by atoms with van der Waals surface area (Å²) >= 11 is 0. The molecule has 3 rings (SSSR count). The lowest BCUT2D eigenvalue weighted by molar-refractivity contribution is -0.122. The van der Waals surface area contributed by atoms with Gasteiger partial charge in [0.25, 0.3) is 5.91 Å². The molecule has 1 aliphatic rings. The summed E-state index contributed by atoms with van der Waals surface area (Å²) in [6, 6.07) is 9.51. The van der Waals surface area contributed by atoms with Crippen LogP contribution in [0.4, 0.5) is 17.3 Å². The molecule has 2 aromatic rings. The van der Waals surface area contributed by atoms with Crippen LogP contribution in [-0.2, 0) is 4.79 Å². The molecule has 5 N–H and O–H groups in total. The van der Waals surface area contributed by atoms with Crippen LogP contribution in [-0.4, -0.2) is 28.5 Å². The number of carbonyl (C=O) groups excluding carboxylic acids is 1. The number of hydrazine groups is 1. The number of carbonyl (C=O) groups is 1. The number of amides is 1. The zero-order valence-corrected chi connectivity index (χ0v) is 13.9. The second-order valence-corrected chi connectivity index (χ2v) is 5.89. The Morgan fingerprint density at radius 3 is 2.64 bits per heavy atom. The van der Waals surface area contributed by atoms with Gasteiger partial charge in [-0.1, -0.05) is 31.0 Å². The highest BCUT2D eigenvalue weighted by Gasteiger charge is 2.17. The third kappa shape index (κ3) is 4.72. The van der Waals surface area contributed by atoms with Gasteiger partial charge in [-0.25, -0.2) is 9.97 Å². The summed E-state index contributed by atoms with van der Waals surface area (Å²) in [4.78, 5) is 20.1. The lowest BCUT2D eigenvalue weighted by Crippen LogP contribution is -2.34. The topological polar surface area (TPSA) is 114 Å². The summed E-state index contributed by atoms with van der Waals surface area (Å²) in [5.41, 5.74) is 11.7. The molecule has 132 valence electrons. The minimum Gasteiger partial charge on any atom is -0.484 e. The van der Waals surface area contributed by atoms with E-state index in [4.69, 9.17) is 10.5 Å². The van der Waals surface area contributed by atoms with E-state index < -0.39 is 0 Å². The first-order valence-corrected chi connectivity index (χ1v) is 8.32. The second kappa shape index (κ2) is 8.18. The number of nitrogens with one attached hydrogen (secondary N) is 3. The van der Waals surface area contributed by atoms with Crippen LogP contribution in [0, 0.1) is 0 Å². The van der Waals surface area contributed by atoms with Gasteiger partial charge in [0.15, 0.2) is 18.2 Å². The highest BCUT2D eigenvalue weighted by molar-refractivity contribution is 5.81. The van der Waals surface area contributed by atoms with Crippen molar-refractivity contribution in [3.63, 3.8) is 0 Å². The van der Waals surface area contributed by atoms with Crippen molar-refractivity contribution < 1.29 is 9.53 Å². The van der Waals surface area contributed by atoms with Crippen molar-refractivity contribution in [1.82, 2.24) is 15.4 Å². The molecule has 1 heterocycles. The molecule has 1 aliphatic carbocycles. The zero-order valence-electron chi connectivity index (χ0n) is 13.9. The number of para-hydroxylation sites is 1. The van der Waals surface area contributed by atoms with E-state index in [1.54, 1.807) is 12.1 Å². The Morgan fingerprint density at radius 2 is 1.88 bits per heavy atom. The molecular formula is C17H22N6O2. The van der Waals surface area contributed by atoms with E-state index in [2.05, 4.69) is 26.1 Å². The van der Waals surface area contributed by atoms with Crippen molar-refractivity contribution in [2.45, 2.75) is 31.7 Å². The molecule has 0 aliphatic heterocycles. The molecule has 8 heteroatoms. The number of hydrogen-bond donors (Lipinski definition) is 4. The Hall–Kier alpha value is -3.03. The Bertz CT molecular complexity index is 704. The number of nitrogens with two attached hydrogens (primary N) is 1. The quantitative estimate of drug-likeness (QED) is 0.568. The van der Waals surface area contributed by atoms with Gasteiger partial charge >= 0.3 is 0 Å². The smallest absolute Gasteiger partial charge is 0.276 e. The third-order valence-electron chi connectivity index (χ3n) is 4.01. The summed E-state index contributed by atoms with van der Waals surface area (Å²) in [5, 5.41) is 3.33. The fourth-order valence-electron chi connectivity index (χ4n) is 2.70. The van der Waals surface area contributed by atoms with Crippen LogP contribution in [0.25, 0.3) is 0 Å². The average molecular weight is 342 g/mol. The molecule has 0 radical (unpaired) electrons. The van der Waals surface area contributed by atoms with Gasteiger partial charge in [-0.15, -0.1) is 0 Å². The van der Waals surface area contributed by atoms with Crippen LogP contribution < -0.4 is 26.6 Å². The molecular weight excluding hydrogens is 320 g/mol. The van der Waals surface area contributed by atoms with Crippen molar-refractivity contribution >= 4 is 23.2 Å². The predicted octanol–water partition coefficient (Wildman–Crippen LogP) is 1.94. The lowest BCUT2D eigenvalue weighted by Gasteiger charge is -2.16. The predicted molar refractivity (Wildman–Crippen MR) is 96.0 cm³/mol. The fraction of sp³-hybridized carbons (Fsp3) is 0.353. The third-order valence-corrected chi connectivity index (χ3v) is 4.01. The largest absolute Gasteiger partial charge is 0.484 e. The summed E-state index contributed by atoms with van der Waals surface area (Å²) in [7, 11) is 0. The SMILES string of the molecule is Nc1c(NNC(=O)COc2ccccc2)ncnc1NC1CCCC1.